The minimum Gasteiger partial charge on any atom is -0.386 e. The highest BCUT2D eigenvalue weighted by atomic mass is 28.4. The molecule has 1 aliphatic rings. The summed E-state index contributed by atoms with van der Waals surface area (Å²) in [7, 11) is 1.44. The van der Waals surface area contributed by atoms with Crippen molar-refractivity contribution in [3.8, 4) is 0 Å². The molecule has 22 heavy (non-hydrogen) atoms. The van der Waals surface area contributed by atoms with Crippen molar-refractivity contribution in [2.75, 3.05) is 21.3 Å². The Kier molecular flexibility index (Phi) is 7.95. The van der Waals surface area contributed by atoms with Gasteiger partial charge in [-0.2, -0.15) is 0 Å². The second kappa shape index (κ2) is 9.19. The molecule has 7 heteroatoms. The highest BCUT2D eigenvalue weighted by Crippen LogP contribution is 2.38. The lowest BCUT2D eigenvalue weighted by Gasteiger charge is -2.32. The van der Waals surface area contributed by atoms with E-state index in [4.69, 9.17) is 13.3 Å². The fraction of sp³-hybridized carbons (Fsp3) is 0.733. The van der Waals surface area contributed by atoms with E-state index in [1.165, 1.54) is 40.2 Å². The van der Waals surface area contributed by atoms with Crippen molar-refractivity contribution in [1.29, 1.82) is 0 Å². The predicted octanol–water partition coefficient (Wildman–Crippen LogP) is 2.61. The summed E-state index contributed by atoms with van der Waals surface area (Å²) in [4.78, 5) is 23.2. The molecule has 0 aliphatic carbocycles. The Bertz CT molecular complexity index is 408. The predicted molar refractivity (Wildman–Crippen MR) is 83.1 cm³/mol. The Hall–Kier alpha value is -1.02. The van der Waals surface area contributed by atoms with Crippen molar-refractivity contribution in [2.24, 2.45) is 0 Å². The van der Waals surface area contributed by atoms with Gasteiger partial charge >= 0.3 is 20.7 Å². The number of unbranched alkanes of at least 4 members (excludes halogenated alkanes) is 4. The number of esters is 2. The maximum atomic E-state index is 11.9. The fourth-order valence-corrected chi connectivity index (χ4v) is 5.25. The standard InChI is InChI=1S/C15H26O6Si/c1-5-6-7-8-9-10-13(22(18-2,19-3)20-4)12-11-14(16)21-15(12)17/h11,13H,5-10H2,1-4H3. The lowest BCUT2D eigenvalue weighted by atomic mass is 10.0. The molecular formula is C15H26O6Si. The van der Waals surface area contributed by atoms with E-state index in [2.05, 4.69) is 11.7 Å². The minimum absolute atomic E-state index is 0.303. The SMILES string of the molecule is CCCCCCCC(C1=CC(=O)OC1=O)[Si](OC)(OC)OC. The first-order valence-corrected chi connectivity index (χ1v) is 9.48. The average Bonchev–Trinajstić information content (AvgIpc) is 2.85. The van der Waals surface area contributed by atoms with Crippen LogP contribution in [0.2, 0.25) is 5.54 Å². The van der Waals surface area contributed by atoms with Gasteiger partial charge in [0, 0.05) is 27.4 Å². The average molecular weight is 330 g/mol. The molecule has 1 unspecified atom stereocenters. The van der Waals surface area contributed by atoms with Crippen molar-refractivity contribution < 1.29 is 27.6 Å². The summed E-state index contributed by atoms with van der Waals surface area (Å²) in [5, 5.41) is 0. The molecule has 1 atom stereocenters. The quantitative estimate of drug-likeness (QED) is 0.251. The van der Waals surface area contributed by atoms with Crippen LogP contribution < -0.4 is 0 Å². The first-order valence-electron chi connectivity index (χ1n) is 7.67. The van der Waals surface area contributed by atoms with Gasteiger partial charge in [-0.3, -0.25) is 0 Å². The highest BCUT2D eigenvalue weighted by molar-refractivity contribution is 6.64. The molecule has 0 spiro atoms. The monoisotopic (exact) mass is 330 g/mol. The second-order valence-corrected chi connectivity index (χ2v) is 8.41. The van der Waals surface area contributed by atoms with Crippen molar-refractivity contribution in [1.82, 2.24) is 0 Å². The molecule has 6 nitrogen and oxygen atoms in total. The van der Waals surface area contributed by atoms with Crippen molar-refractivity contribution in [2.45, 2.75) is 51.0 Å². The molecule has 126 valence electrons. The number of ether oxygens (including phenoxy) is 1. The Balaban J connectivity index is 2.88. The molecule has 0 aromatic carbocycles. The molecule has 1 rings (SSSR count). The molecule has 0 saturated carbocycles. The Morgan fingerprint density at radius 3 is 2.09 bits per heavy atom. The van der Waals surface area contributed by atoms with Crippen LogP contribution in [0.25, 0.3) is 0 Å². The van der Waals surface area contributed by atoms with E-state index in [1.54, 1.807) is 0 Å². The van der Waals surface area contributed by atoms with Gasteiger partial charge in [0.15, 0.2) is 0 Å². The molecule has 0 saturated heterocycles. The molecule has 1 aliphatic heterocycles. The normalized spacial score (nSPS) is 16.6. The smallest absolute Gasteiger partial charge is 0.386 e. The number of carbonyl (C=O) groups excluding carboxylic acids is 2. The first-order chi connectivity index (χ1) is 10.5. The Labute approximate surface area is 133 Å². The van der Waals surface area contributed by atoms with Gasteiger partial charge < -0.3 is 18.0 Å². The van der Waals surface area contributed by atoms with Gasteiger partial charge in [0.25, 0.3) is 0 Å². The summed E-state index contributed by atoms with van der Waals surface area (Å²) in [6.07, 6.45) is 7.37. The van der Waals surface area contributed by atoms with E-state index < -0.39 is 20.7 Å². The molecule has 0 N–H and O–H groups in total. The molecule has 0 amide bonds. The summed E-state index contributed by atoms with van der Waals surface area (Å²) in [6.45, 7) is 2.16. The van der Waals surface area contributed by atoms with Crippen molar-refractivity contribution in [3.63, 3.8) is 0 Å². The molecule has 0 aromatic heterocycles. The largest absolute Gasteiger partial charge is 0.508 e. The fourth-order valence-electron chi connectivity index (χ4n) is 2.76. The van der Waals surface area contributed by atoms with E-state index >= 15 is 0 Å². The summed E-state index contributed by atoms with van der Waals surface area (Å²) in [5.41, 5.74) is -0.0780. The zero-order valence-corrected chi connectivity index (χ0v) is 14.8. The maximum Gasteiger partial charge on any atom is 0.508 e. The summed E-state index contributed by atoms with van der Waals surface area (Å²) < 4.78 is 21.1. The van der Waals surface area contributed by atoms with Crippen LogP contribution in [0.5, 0.6) is 0 Å². The van der Waals surface area contributed by atoms with Crippen LogP contribution in [0.15, 0.2) is 11.6 Å². The van der Waals surface area contributed by atoms with Gasteiger partial charge in [0.05, 0.1) is 11.1 Å². The van der Waals surface area contributed by atoms with Crippen LogP contribution in [0, 0.1) is 0 Å². The summed E-state index contributed by atoms with van der Waals surface area (Å²) in [6, 6.07) is 0. The third-order valence-electron chi connectivity index (χ3n) is 3.95. The second-order valence-electron chi connectivity index (χ2n) is 5.28. The van der Waals surface area contributed by atoms with Crippen LogP contribution in [0.3, 0.4) is 0 Å². The Morgan fingerprint density at radius 2 is 1.64 bits per heavy atom. The third-order valence-corrected chi connectivity index (χ3v) is 7.11. The number of hydrogen-bond donors (Lipinski definition) is 0. The zero-order valence-electron chi connectivity index (χ0n) is 13.8. The maximum absolute atomic E-state index is 11.9. The minimum atomic E-state index is -3.07. The molecule has 0 radical (unpaired) electrons. The van der Waals surface area contributed by atoms with Gasteiger partial charge in [0.2, 0.25) is 0 Å². The Morgan fingerprint density at radius 1 is 1.05 bits per heavy atom. The number of hydrogen-bond acceptors (Lipinski definition) is 6. The van der Waals surface area contributed by atoms with Crippen molar-refractivity contribution >= 4 is 20.7 Å². The third kappa shape index (κ3) is 4.49. The highest BCUT2D eigenvalue weighted by Gasteiger charge is 2.52. The van der Waals surface area contributed by atoms with Gasteiger partial charge in [-0.15, -0.1) is 0 Å². The number of cyclic esters (lactones) is 2. The van der Waals surface area contributed by atoms with Crippen LogP contribution in [0.4, 0.5) is 0 Å². The van der Waals surface area contributed by atoms with E-state index in [9.17, 15) is 9.59 Å². The van der Waals surface area contributed by atoms with E-state index in [-0.39, 0.29) is 5.54 Å². The summed E-state index contributed by atoms with van der Waals surface area (Å²) in [5.74, 6) is -1.26. The molecular weight excluding hydrogens is 304 g/mol. The van der Waals surface area contributed by atoms with Crippen molar-refractivity contribution in [3.05, 3.63) is 11.6 Å². The van der Waals surface area contributed by atoms with Crippen LogP contribution >= 0.6 is 0 Å². The molecule has 1 heterocycles. The van der Waals surface area contributed by atoms with Gasteiger partial charge in [0.1, 0.15) is 0 Å². The number of carbonyl (C=O) groups is 2. The van der Waals surface area contributed by atoms with Crippen LogP contribution in [-0.4, -0.2) is 42.1 Å². The van der Waals surface area contributed by atoms with E-state index in [0.29, 0.717) is 12.0 Å². The van der Waals surface area contributed by atoms with Gasteiger partial charge in [-0.25, -0.2) is 9.59 Å². The van der Waals surface area contributed by atoms with E-state index in [0.717, 1.165) is 19.3 Å². The summed E-state index contributed by atoms with van der Waals surface area (Å²) >= 11 is 0. The zero-order chi connectivity index (χ0) is 16.6. The molecule has 0 aromatic rings. The lowest BCUT2D eigenvalue weighted by molar-refractivity contribution is -0.150. The van der Waals surface area contributed by atoms with E-state index in [1.807, 2.05) is 0 Å². The van der Waals surface area contributed by atoms with Crippen LogP contribution in [-0.2, 0) is 27.6 Å². The molecule has 0 bridgehead atoms. The lowest BCUT2D eigenvalue weighted by Crippen LogP contribution is -2.49. The van der Waals surface area contributed by atoms with Crippen LogP contribution in [0.1, 0.15) is 45.4 Å². The van der Waals surface area contributed by atoms with Gasteiger partial charge in [-0.1, -0.05) is 39.0 Å². The first kappa shape index (κ1) is 19.0. The van der Waals surface area contributed by atoms with Gasteiger partial charge in [-0.05, 0) is 6.42 Å². The number of rotatable bonds is 11. The molecule has 0 fully saturated rings. The topological polar surface area (TPSA) is 71.1 Å².